The maximum Gasteiger partial charge on any atom is 0.256 e. The van der Waals surface area contributed by atoms with Gasteiger partial charge in [0.05, 0.1) is 24.1 Å². The zero-order chi connectivity index (χ0) is 20.8. The number of nitrogens with one attached hydrogen (secondary N) is 1. The SMILES string of the molecule is CC(C)(C)CC(=O)N1CCN2C(=O)c3cc(-c4ccco4)ccc3NC(=O)C2C1. The van der Waals surface area contributed by atoms with Gasteiger partial charge in [0, 0.05) is 25.1 Å². The molecule has 2 aromatic rings. The lowest BCUT2D eigenvalue weighted by molar-refractivity contribution is -0.137. The van der Waals surface area contributed by atoms with Crippen LogP contribution in [0.4, 0.5) is 5.69 Å². The van der Waals surface area contributed by atoms with E-state index in [-0.39, 0.29) is 29.7 Å². The first-order valence-corrected chi connectivity index (χ1v) is 9.80. The Labute approximate surface area is 169 Å². The standard InChI is InChI=1S/C22H25N3O4/c1-22(2,3)12-19(26)24-8-9-25-17(13-24)20(27)23-16-7-6-14(11-15(16)21(25)28)18-5-4-10-29-18/h4-7,10-11,17H,8-9,12-13H2,1-3H3,(H,23,27). The molecule has 1 saturated heterocycles. The summed E-state index contributed by atoms with van der Waals surface area (Å²) in [5.41, 5.74) is 1.56. The molecule has 1 aromatic carbocycles. The molecule has 2 aliphatic rings. The summed E-state index contributed by atoms with van der Waals surface area (Å²) in [5.74, 6) is 0.195. The fraction of sp³-hybridized carbons (Fsp3) is 0.409. The summed E-state index contributed by atoms with van der Waals surface area (Å²) in [7, 11) is 0. The monoisotopic (exact) mass is 395 g/mol. The van der Waals surface area contributed by atoms with Crippen LogP contribution in [-0.2, 0) is 9.59 Å². The van der Waals surface area contributed by atoms with Crippen LogP contribution < -0.4 is 5.32 Å². The lowest BCUT2D eigenvalue weighted by Gasteiger charge is -2.40. The molecule has 0 aliphatic carbocycles. The van der Waals surface area contributed by atoms with Gasteiger partial charge < -0.3 is 19.5 Å². The predicted octanol–water partition coefficient (Wildman–Crippen LogP) is 2.99. The van der Waals surface area contributed by atoms with Crippen molar-refractivity contribution < 1.29 is 18.8 Å². The summed E-state index contributed by atoms with van der Waals surface area (Å²) in [6, 6.07) is 8.20. The van der Waals surface area contributed by atoms with Crippen LogP contribution in [0.3, 0.4) is 0 Å². The Bertz CT molecular complexity index is 959. The minimum atomic E-state index is -0.695. The number of nitrogens with zero attached hydrogens (tertiary/aromatic N) is 2. The molecule has 2 aliphatic heterocycles. The Kier molecular flexibility index (Phi) is 4.68. The number of anilines is 1. The fourth-order valence-corrected chi connectivity index (χ4v) is 3.84. The molecule has 152 valence electrons. The quantitative estimate of drug-likeness (QED) is 0.847. The average molecular weight is 395 g/mol. The van der Waals surface area contributed by atoms with E-state index in [1.54, 1.807) is 34.3 Å². The maximum absolute atomic E-state index is 13.2. The van der Waals surface area contributed by atoms with Gasteiger partial charge in [0.25, 0.3) is 5.91 Å². The second-order valence-corrected chi connectivity index (χ2v) is 8.82. The second-order valence-electron chi connectivity index (χ2n) is 8.82. The summed E-state index contributed by atoms with van der Waals surface area (Å²) >= 11 is 0. The molecular formula is C22H25N3O4. The Hall–Kier alpha value is -3.09. The number of rotatable bonds is 2. The van der Waals surface area contributed by atoms with Crippen molar-refractivity contribution in [3.63, 3.8) is 0 Å². The maximum atomic E-state index is 13.2. The van der Waals surface area contributed by atoms with Gasteiger partial charge in [-0.2, -0.15) is 0 Å². The van der Waals surface area contributed by atoms with Crippen LogP contribution in [0.1, 0.15) is 37.6 Å². The van der Waals surface area contributed by atoms with Gasteiger partial charge in [0.2, 0.25) is 11.8 Å². The van der Waals surface area contributed by atoms with Gasteiger partial charge in [-0.05, 0) is 35.7 Å². The van der Waals surface area contributed by atoms with Crippen LogP contribution in [0.5, 0.6) is 0 Å². The molecule has 29 heavy (non-hydrogen) atoms. The van der Waals surface area contributed by atoms with Crippen molar-refractivity contribution in [2.24, 2.45) is 5.41 Å². The number of amides is 3. The van der Waals surface area contributed by atoms with E-state index in [2.05, 4.69) is 5.32 Å². The van der Waals surface area contributed by atoms with Gasteiger partial charge in [0.15, 0.2) is 0 Å². The third kappa shape index (κ3) is 3.77. The second kappa shape index (κ2) is 7.06. The Morgan fingerprint density at radius 1 is 1.21 bits per heavy atom. The Morgan fingerprint density at radius 3 is 2.69 bits per heavy atom. The summed E-state index contributed by atoms with van der Waals surface area (Å²) in [6.45, 7) is 7.00. The third-order valence-electron chi connectivity index (χ3n) is 5.29. The topological polar surface area (TPSA) is 82.9 Å². The summed E-state index contributed by atoms with van der Waals surface area (Å²) < 4.78 is 5.43. The van der Waals surface area contributed by atoms with Crippen molar-refractivity contribution in [3.8, 4) is 11.3 Å². The van der Waals surface area contributed by atoms with Gasteiger partial charge in [-0.3, -0.25) is 14.4 Å². The van der Waals surface area contributed by atoms with Gasteiger partial charge in [-0.15, -0.1) is 0 Å². The number of benzene rings is 1. The number of fused-ring (bicyclic) bond motifs is 2. The zero-order valence-electron chi connectivity index (χ0n) is 16.9. The first kappa shape index (κ1) is 19.2. The van der Waals surface area contributed by atoms with E-state index < -0.39 is 6.04 Å². The first-order valence-electron chi connectivity index (χ1n) is 9.80. The number of carbonyl (C=O) groups excluding carboxylic acids is 3. The van der Waals surface area contributed by atoms with Gasteiger partial charge in [-0.25, -0.2) is 0 Å². The highest BCUT2D eigenvalue weighted by Crippen LogP contribution is 2.31. The molecule has 1 aromatic heterocycles. The molecule has 7 nitrogen and oxygen atoms in total. The Morgan fingerprint density at radius 2 is 2.00 bits per heavy atom. The molecule has 1 atom stereocenters. The molecule has 0 bridgehead atoms. The number of furan rings is 1. The zero-order valence-corrected chi connectivity index (χ0v) is 16.9. The van der Waals surface area contributed by atoms with Crippen LogP contribution in [-0.4, -0.2) is 53.2 Å². The number of hydrogen-bond acceptors (Lipinski definition) is 4. The normalized spacial score (nSPS) is 19.3. The summed E-state index contributed by atoms with van der Waals surface area (Å²) in [6.07, 6.45) is 1.98. The van der Waals surface area contributed by atoms with E-state index in [4.69, 9.17) is 4.42 Å². The molecule has 4 rings (SSSR count). The number of carbonyl (C=O) groups is 3. The molecule has 0 spiro atoms. The van der Waals surface area contributed by atoms with Crippen LogP contribution in [0.15, 0.2) is 41.0 Å². The van der Waals surface area contributed by atoms with E-state index in [0.717, 1.165) is 5.56 Å². The predicted molar refractivity (Wildman–Crippen MR) is 108 cm³/mol. The molecule has 3 amide bonds. The lowest BCUT2D eigenvalue weighted by Crippen LogP contribution is -2.59. The summed E-state index contributed by atoms with van der Waals surface area (Å²) in [4.78, 5) is 42.0. The van der Waals surface area contributed by atoms with Crippen LogP contribution in [0.25, 0.3) is 11.3 Å². The highest BCUT2D eigenvalue weighted by molar-refractivity contribution is 6.10. The molecule has 3 heterocycles. The molecule has 0 radical (unpaired) electrons. The van der Waals surface area contributed by atoms with Crippen molar-refractivity contribution in [1.82, 2.24) is 9.80 Å². The minimum absolute atomic E-state index is 0.0132. The average Bonchev–Trinajstić information content (AvgIpc) is 3.17. The van der Waals surface area contributed by atoms with Crippen molar-refractivity contribution in [1.29, 1.82) is 0 Å². The molecule has 1 unspecified atom stereocenters. The molecule has 7 heteroatoms. The molecule has 1 fully saturated rings. The summed E-state index contributed by atoms with van der Waals surface area (Å²) in [5, 5.41) is 2.86. The smallest absolute Gasteiger partial charge is 0.256 e. The van der Waals surface area contributed by atoms with Crippen LogP contribution >= 0.6 is 0 Å². The van der Waals surface area contributed by atoms with E-state index in [1.165, 1.54) is 0 Å². The van der Waals surface area contributed by atoms with Crippen molar-refractivity contribution in [2.75, 3.05) is 25.0 Å². The van der Waals surface area contributed by atoms with Crippen LogP contribution in [0, 0.1) is 5.41 Å². The molecular weight excluding hydrogens is 370 g/mol. The minimum Gasteiger partial charge on any atom is -0.464 e. The van der Waals surface area contributed by atoms with E-state index >= 15 is 0 Å². The Balaban J connectivity index is 1.60. The van der Waals surface area contributed by atoms with E-state index in [0.29, 0.717) is 36.5 Å². The van der Waals surface area contributed by atoms with Gasteiger partial charge in [0.1, 0.15) is 11.8 Å². The third-order valence-corrected chi connectivity index (χ3v) is 5.29. The van der Waals surface area contributed by atoms with E-state index in [9.17, 15) is 14.4 Å². The first-order chi connectivity index (χ1) is 13.7. The number of hydrogen-bond donors (Lipinski definition) is 1. The highest BCUT2D eigenvalue weighted by atomic mass is 16.3. The van der Waals surface area contributed by atoms with E-state index in [1.807, 2.05) is 32.9 Å². The fourth-order valence-electron chi connectivity index (χ4n) is 3.84. The van der Waals surface area contributed by atoms with Crippen LogP contribution in [0.2, 0.25) is 0 Å². The molecule has 1 N–H and O–H groups in total. The lowest BCUT2D eigenvalue weighted by atomic mass is 9.91. The largest absolute Gasteiger partial charge is 0.464 e. The van der Waals surface area contributed by atoms with Gasteiger partial charge in [-0.1, -0.05) is 20.8 Å². The van der Waals surface area contributed by atoms with Crippen molar-refractivity contribution in [2.45, 2.75) is 33.2 Å². The number of piperazine rings is 1. The van der Waals surface area contributed by atoms with Gasteiger partial charge >= 0.3 is 0 Å². The van der Waals surface area contributed by atoms with Crippen molar-refractivity contribution >= 4 is 23.4 Å². The highest BCUT2D eigenvalue weighted by Gasteiger charge is 2.40. The van der Waals surface area contributed by atoms with Crippen molar-refractivity contribution in [3.05, 3.63) is 42.2 Å². The molecule has 0 saturated carbocycles.